The molecule has 1 aliphatic heterocycles. The van der Waals surface area contributed by atoms with Gasteiger partial charge < -0.3 is 14.7 Å². The SMILES string of the molecule is Cc1cc(C2(C(=O)N3CCCC(C(=O)NCC4CC4)C3)CC2)on1. The molecule has 24 heavy (non-hydrogen) atoms. The lowest BCUT2D eigenvalue weighted by atomic mass is 9.94. The number of likely N-dealkylation sites (tertiary alicyclic amines) is 1. The number of hydrogen-bond donors (Lipinski definition) is 1. The van der Waals surface area contributed by atoms with E-state index in [1.807, 2.05) is 17.9 Å². The van der Waals surface area contributed by atoms with Crippen LogP contribution in [0.2, 0.25) is 0 Å². The second-order valence-electron chi connectivity index (χ2n) is 7.69. The van der Waals surface area contributed by atoms with Crippen LogP contribution in [0.15, 0.2) is 10.6 Å². The molecule has 0 bridgehead atoms. The summed E-state index contributed by atoms with van der Waals surface area (Å²) in [7, 11) is 0. The quantitative estimate of drug-likeness (QED) is 0.892. The van der Waals surface area contributed by atoms with Gasteiger partial charge in [-0.05, 0) is 51.4 Å². The number of nitrogens with zero attached hydrogens (tertiary/aromatic N) is 2. The summed E-state index contributed by atoms with van der Waals surface area (Å²) < 4.78 is 5.37. The Balaban J connectivity index is 1.40. The van der Waals surface area contributed by atoms with Gasteiger partial charge >= 0.3 is 0 Å². The van der Waals surface area contributed by atoms with Crippen LogP contribution in [0.1, 0.15) is 50.0 Å². The van der Waals surface area contributed by atoms with Crippen LogP contribution < -0.4 is 5.32 Å². The molecule has 1 atom stereocenters. The summed E-state index contributed by atoms with van der Waals surface area (Å²) in [5.41, 5.74) is 0.285. The molecule has 4 rings (SSSR count). The minimum Gasteiger partial charge on any atom is -0.360 e. The summed E-state index contributed by atoms with van der Waals surface area (Å²) in [6.07, 6.45) is 5.85. The lowest BCUT2D eigenvalue weighted by Gasteiger charge is -2.34. The predicted molar refractivity (Wildman–Crippen MR) is 87.2 cm³/mol. The van der Waals surface area contributed by atoms with E-state index in [9.17, 15) is 9.59 Å². The maximum atomic E-state index is 13.0. The van der Waals surface area contributed by atoms with E-state index in [1.54, 1.807) is 0 Å². The summed E-state index contributed by atoms with van der Waals surface area (Å²) in [5.74, 6) is 1.51. The highest BCUT2D eigenvalue weighted by Crippen LogP contribution is 2.50. The number of nitrogens with one attached hydrogen (secondary N) is 1. The summed E-state index contributed by atoms with van der Waals surface area (Å²) in [5, 5.41) is 6.99. The highest BCUT2D eigenvalue weighted by atomic mass is 16.5. The molecule has 1 unspecified atom stereocenters. The summed E-state index contributed by atoms with van der Waals surface area (Å²) in [6.45, 7) is 3.93. The zero-order chi connectivity index (χ0) is 16.7. The average Bonchev–Trinajstić information content (AvgIpc) is 3.52. The molecule has 3 fully saturated rings. The Morgan fingerprint density at radius 1 is 1.38 bits per heavy atom. The van der Waals surface area contributed by atoms with Gasteiger partial charge in [0, 0.05) is 25.7 Å². The Labute approximate surface area is 141 Å². The van der Waals surface area contributed by atoms with Crippen LogP contribution in [0, 0.1) is 18.8 Å². The van der Waals surface area contributed by atoms with Crippen LogP contribution in [0.5, 0.6) is 0 Å². The number of hydrogen-bond acceptors (Lipinski definition) is 4. The zero-order valence-corrected chi connectivity index (χ0v) is 14.2. The van der Waals surface area contributed by atoms with Crippen molar-refractivity contribution in [3.8, 4) is 0 Å². The van der Waals surface area contributed by atoms with Crippen molar-refractivity contribution in [2.75, 3.05) is 19.6 Å². The summed E-state index contributed by atoms with van der Waals surface area (Å²) >= 11 is 0. The van der Waals surface area contributed by atoms with Gasteiger partial charge in [0.15, 0.2) is 5.76 Å². The monoisotopic (exact) mass is 331 g/mol. The van der Waals surface area contributed by atoms with Gasteiger partial charge in [-0.25, -0.2) is 0 Å². The first-order chi connectivity index (χ1) is 11.6. The largest absolute Gasteiger partial charge is 0.360 e. The Morgan fingerprint density at radius 2 is 2.17 bits per heavy atom. The average molecular weight is 331 g/mol. The Hall–Kier alpha value is -1.85. The van der Waals surface area contributed by atoms with E-state index in [4.69, 9.17) is 4.52 Å². The second-order valence-corrected chi connectivity index (χ2v) is 7.69. The third-order valence-electron chi connectivity index (χ3n) is 5.60. The van der Waals surface area contributed by atoms with Crippen molar-refractivity contribution in [2.45, 2.75) is 50.9 Å². The van der Waals surface area contributed by atoms with Gasteiger partial charge in [0.05, 0.1) is 11.6 Å². The molecule has 1 aromatic heterocycles. The van der Waals surface area contributed by atoms with Gasteiger partial charge in [0.2, 0.25) is 11.8 Å². The Kier molecular flexibility index (Phi) is 3.85. The highest BCUT2D eigenvalue weighted by molar-refractivity contribution is 5.91. The maximum Gasteiger partial charge on any atom is 0.236 e. The molecule has 2 saturated carbocycles. The summed E-state index contributed by atoms with van der Waals surface area (Å²) in [4.78, 5) is 27.3. The predicted octanol–water partition coefficient (Wildman–Crippen LogP) is 1.78. The molecule has 1 aromatic rings. The molecule has 3 aliphatic rings. The van der Waals surface area contributed by atoms with Crippen molar-refractivity contribution in [3.63, 3.8) is 0 Å². The van der Waals surface area contributed by atoms with Gasteiger partial charge in [-0.1, -0.05) is 5.16 Å². The van der Waals surface area contributed by atoms with Gasteiger partial charge in [0.1, 0.15) is 5.41 Å². The van der Waals surface area contributed by atoms with Gasteiger partial charge in [-0.3, -0.25) is 9.59 Å². The third-order valence-corrected chi connectivity index (χ3v) is 5.60. The lowest BCUT2D eigenvalue weighted by molar-refractivity contribution is -0.138. The fourth-order valence-electron chi connectivity index (χ4n) is 3.67. The molecular weight excluding hydrogens is 306 g/mol. The number of carbonyl (C=O) groups is 2. The van der Waals surface area contributed by atoms with Crippen molar-refractivity contribution in [2.24, 2.45) is 11.8 Å². The number of aryl methyl sites for hydroxylation is 1. The number of carbonyl (C=O) groups excluding carboxylic acids is 2. The van der Waals surface area contributed by atoms with Crippen LogP contribution in [-0.2, 0) is 15.0 Å². The van der Waals surface area contributed by atoms with E-state index in [1.165, 1.54) is 12.8 Å². The molecule has 2 amide bonds. The van der Waals surface area contributed by atoms with Crippen molar-refractivity contribution < 1.29 is 14.1 Å². The van der Waals surface area contributed by atoms with E-state index in [2.05, 4.69) is 10.5 Å². The molecule has 6 nitrogen and oxygen atoms in total. The first kappa shape index (κ1) is 15.7. The number of amides is 2. The molecule has 1 saturated heterocycles. The third kappa shape index (κ3) is 2.94. The summed E-state index contributed by atoms with van der Waals surface area (Å²) in [6, 6.07) is 1.87. The maximum absolute atomic E-state index is 13.0. The van der Waals surface area contributed by atoms with Crippen LogP contribution in [0.3, 0.4) is 0 Å². The molecule has 130 valence electrons. The van der Waals surface area contributed by atoms with E-state index in [0.717, 1.165) is 44.5 Å². The minimum atomic E-state index is -0.520. The van der Waals surface area contributed by atoms with Crippen LogP contribution in [0.25, 0.3) is 0 Å². The number of piperidine rings is 1. The lowest BCUT2D eigenvalue weighted by Crippen LogP contribution is -2.48. The molecule has 6 heteroatoms. The van der Waals surface area contributed by atoms with Gasteiger partial charge in [0.25, 0.3) is 0 Å². The van der Waals surface area contributed by atoms with Crippen molar-refractivity contribution in [1.82, 2.24) is 15.4 Å². The fourth-order valence-corrected chi connectivity index (χ4v) is 3.67. The molecule has 2 heterocycles. The highest BCUT2D eigenvalue weighted by Gasteiger charge is 2.56. The Morgan fingerprint density at radius 3 is 2.79 bits per heavy atom. The molecule has 0 spiro atoms. The van der Waals surface area contributed by atoms with E-state index in [0.29, 0.717) is 18.2 Å². The van der Waals surface area contributed by atoms with Crippen molar-refractivity contribution in [1.29, 1.82) is 0 Å². The topological polar surface area (TPSA) is 75.4 Å². The van der Waals surface area contributed by atoms with Crippen LogP contribution in [0.4, 0.5) is 0 Å². The fraction of sp³-hybridized carbons (Fsp3) is 0.722. The van der Waals surface area contributed by atoms with E-state index >= 15 is 0 Å². The minimum absolute atomic E-state index is 0.0753. The van der Waals surface area contributed by atoms with Crippen LogP contribution in [-0.4, -0.2) is 41.5 Å². The van der Waals surface area contributed by atoms with Crippen molar-refractivity contribution >= 4 is 11.8 Å². The standard InChI is InChI=1S/C18H25N3O3/c1-12-9-15(24-20-12)18(6-7-18)17(23)21-8-2-3-14(11-21)16(22)19-10-13-4-5-13/h9,13-14H,2-8,10-11H2,1H3,(H,19,22). The molecule has 0 aromatic carbocycles. The first-order valence-corrected chi connectivity index (χ1v) is 9.09. The Bertz CT molecular complexity index is 646. The van der Waals surface area contributed by atoms with Crippen LogP contribution >= 0.6 is 0 Å². The number of aromatic nitrogens is 1. The van der Waals surface area contributed by atoms with Crippen molar-refractivity contribution in [3.05, 3.63) is 17.5 Å². The van der Waals surface area contributed by atoms with E-state index < -0.39 is 5.41 Å². The molecule has 1 N–H and O–H groups in total. The molecule has 0 radical (unpaired) electrons. The zero-order valence-electron chi connectivity index (χ0n) is 14.2. The van der Waals surface area contributed by atoms with E-state index in [-0.39, 0.29) is 17.7 Å². The van der Waals surface area contributed by atoms with Gasteiger partial charge in [-0.2, -0.15) is 0 Å². The molecule has 2 aliphatic carbocycles. The van der Waals surface area contributed by atoms with Gasteiger partial charge in [-0.15, -0.1) is 0 Å². The molecular formula is C18H25N3O3. The number of rotatable bonds is 5. The normalized spacial score (nSPS) is 25.4. The first-order valence-electron chi connectivity index (χ1n) is 9.09. The second kappa shape index (κ2) is 5.90. The smallest absolute Gasteiger partial charge is 0.236 e.